The number of ether oxygens (including phenoxy) is 2. The molecule has 0 saturated carbocycles. The highest BCUT2D eigenvalue weighted by Gasteiger charge is 2.20. The number of aryl methyl sites for hydroxylation is 3. The average Bonchev–Trinajstić information content (AvgIpc) is 3.15. The van der Waals surface area contributed by atoms with Gasteiger partial charge in [0.15, 0.2) is 5.65 Å². The Bertz CT molecular complexity index is 1290. The van der Waals surface area contributed by atoms with Gasteiger partial charge in [-0.1, -0.05) is 17.7 Å². The van der Waals surface area contributed by atoms with Gasteiger partial charge in [0.2, 0.25) is 11.8 Å². The summed E-state index contributed by atoms with van der Waals surface area (Å²) in [5.74, 6) is 1.19. The molecular formula is C26H28N4O3. The molecule has 2 aromatic heterocycles. The molecule has 0 saturated heterocycles. The first-order chi connectivity index (χ1) is 15.9. The molecular weight excluding hydrogens is 416 g/mol. The van der Waals surface area contributed by atoms with E-state index in [-0.39, 0.29) is 5.91 Å². The van der Waals surface area contributed by atoms with Crippen molar-refractivity contribution in [3.8, 4) is 17.3 Å². The summed E-state index contributed by atoms with van der Waals surface area (Å²) in [7, 11) is 3.22. The molecule has 33 heavy (non-hydrogen) atoms. The summed E-state index contributed by atoms with van der Waals surface area (Å²) < 4.78 is 12.6. The van der Waals surface area contributed by atoms with Crippen LogP contribution in [0.1, 0.15) is 28.8 Å². The number of pyridine rings is 1. The monoisotopic (exact) mass is 444 g/mol. The largest absolute Gasteiger partial charge is 0.497 e. The van der Waals surface area contributed by atoms with Crippen LogP contribution in [0.2, 0.25) is 0 Å². The van der Waals surface area contributed by atoms with Crippen molar-refractivity contribution in [3.05, 3.63) is 70.9 Å². The summed E-state index contributed by atoms with van der Waals surface area (Å²) in [6.45, 7) is 6.07. The van der Waals surface area contributed by atoms with Crippen molar-refractivity contribution in [3.63, 3.8) is 0 Å². The molecule has 0 fully saturated rings. The van der Waals surface area contributed by atoms with Gasteiger partial charge in [0, 0.05) is 23.1 Å². The summed E-state index contributed by atoms with van der Waals surface area (Å²) in [6, 6.07) is 15.4. The van der Waals surface area contributed by atoms with E-state index in [0.29, 0.717) is 18.7 Å². The van der Waals surface area contributed by atoms with E-state index >= 15 is 0 Å². The number of benzene rings is 2. The van der Waals surface area contributed by atoms with E-state index in [2.05, 4.69) is 24.4 Å². The Morgan fingerprint density at radius 3 is 2.30 bits per heavy atom. The van der Waals surface area contributed by atoms with Crippen LogP contribution in [-0.2, 0) is 11.2 Å². The average molecular weight is 445 g/mol. The molecule has 1 amide bonds. The van der Waals surface area contributed by atoms with Gasteiger partial charge in [-0.25, -0.2) is 4.68 Å². The summed E-state index contributed by atoms with van der Waals surface area (Å²) in [4.78, 5) is 17.4. The van der Waals surface area contributed by atoms with Crippen molar-refractivity contribution in [2.24, 2.45) is 0 Å². The molecule has 4 rings (SSSR count). The van der Waals surface area contributed by atoms with Gasteiger partial charge in [-0.2, -0.15) is 10.1 Å². The number of carbonyl (C=O) groups is 1. The number of carbonyl (C=O) groups excluding carboxylic acids is 1. The van der Waals surface area contributed by atoms with Crippen molar-refractivity contribution in [1.82, 2.24) is 14.8 Å². The fourth-order valence-corrected chi connectivity index (χ4v) is 4.00. The zero-order valence-corrected chi connectivity index (χ0v) is 19.6. The third-order valence-corrected chi connectivity index (χ3v) is 5.78. The minimum atomic E-state index is -0.0752. The summed E-state index contributed by atoms with van der Waals surface area (Å²) in [5.41, 5.74) is 6.45. The number of nitrogens with zero attached hydrogens (tertiary/aromatic N) is 3. The fraction of sp³-hybridized carbons (Fsp3) is 0.269. The van der Waals surface area contributed by atoms with Gasteiger partial charge in [-0.05, 0) is 69.2 Å². The zero-order chi connectivity index (χ0) is 23.5. The van der Waals surface area contributed by atoms with E-state index in [1.807, 2.05) is 54.9 Å². The van der Waals surface area contributed by atoms with Crippen molar-refractivity contribution < 1.29 is 14.3 Å². The molecule has 0 bridgehead atoms. The van der Waals surface area contributed by atoms with Crippen LogP contribution < -0.4 is 14.8 Å². The van der Waals surface area contributed by atoms with Crippen LogP contribution in [0.15, 0.2) is 48.5 Å². The molecule has 7 nitrogen and oxygen atoms in total. The maximum absolute atomic E-state index is 12.6. The van der Waals surface area contributed by atoms with Gasteiger partial charge in [0.05, 0.1) is 25.6 Å². The molecule has 0 unspecified atom stereocenters. The van der Waals surface area contributed by atoms with E-state index < -0.39 is 0 Å². The second kappa shape index (κ2) is 9.32. The van der Waals surface area contributed by atoms with E-state index in [9.17, 15) is 4.79 Å². The predicted octanol–water partition coefficient (Wildman–Crippen LogP) is 4.93. The number of aromatic nitrogens is 3. The molecule has 1 N–H and O–H groups in total. The highest BCUT2D eigenvalue weighted by Crippen LogP contribution is 2.32. The van der Waals surface area contributed by atoms with Crippen LogP contribution in [0, 0.1) is 20.8 Å². The first-order valence-electron chi connectivity index (χ1n) is 10.8. The maximum atomic E-state index is 12.6. The number of anilines is 1. The number of amides is 1. The van der Waals surface area contributed by atoms with Crippen LogP contribution in [0.4, 0.5) is 5.69 Å². The van der Waals surface area contributed by atoms with Crippen molar-refractivity contribution in [2.75, 3.05) is 19.5 Å². The second-order valence-electron chi connectivity index (χ2n) is 8.03. The zero-order valence-electron chi connectivity index (χ0n) is 19.6. The number of fused-ring (bicyclic) bond motifs is 1. The summed E-state index contributed by atoms with van der Waals surface area (Å²) in [6.07, 6.45) is 0.816. The van der Waals surface area contributed by atoms with Crippen LogP contribution in [0.25, 0.3) is 16.7 Å². The van der Waals surface area contributed by atoms with Gasteiger partial charge in [-0.15, -0.1) is 0 Å². The van der Waals surface area contributed by atoms with Crippen molar-refractivity contribution in [1.29, 1.82) is 0 Å². The molecule has 0 aliphatic heterocycles. The van der Waals surface area contributed by atoms with Crippen LogP contribution in [-0.4, -0.2) is 34.9 Å². The number of hydrogen-bond donors (Lipinski definition) is 1. The van der Waals surface area contributed by atoms with E-state index in [1.165, 1.54) is 5.56 Å². The van der Waals surface area contributed by atoms with Gasteiger partial charge in [0.1, 0.15) is 5.75 Å². The van der Waals surface area contributed by atoms with E-state index in [0.717, 1.165) is 45.0 Å². The number of methoxy groups -OCH3 is 2. The molecule has 2 aromatic carbocycles. The summed E-state index contributed by atoms with van der Waals surface area (Å²) in [5, 5.41) is 8.66. The second-order valence-corrected chi connectivity index (χ2v) is 8.03. The molecule has 7 heteroatoms. The van der Waals surface area contributed by atoms with Crippen molar-refractivity contribution >= 4 is 22.6 Å². The molecule has 170 valence electrons. The standard InChI is InChI=1S/C26H28N4O3/c1-16-6-10-20(11-7-16)30-25-24(18(3)29-30)17(2)22(26(28-25)33-5)14-15-23(31)27-19-8-12-21(32-4)13-9-19/h6-13H,14-15H2,1-5H3,(H,27,31). The van der Waals surface area contributed by atoms with Crippen LogP contribution in [0.5, 0.6) is 11.6 Å². The molecule has 4 aromatic rings. The first kappa shape index (κ1) is 22.3. The molecule has 0 spiro atoms. The lowest BCUT2D eigenvalue weighted by molar-refractivity contribution is -0.116. The lowest BCUT2D eigenvalue weighted by atomic mass is 10.0. The Morgan fingerprint density at radius 2 is 1.67 bits per heavy atom. The highest BCUT2D eigenvalue weighted by atomic mass is 16.5. The Morgan fingerprint density at radius 1 is 0.970 bits per heavy atom. The summed E-state index contributed by atoms with van der Waals surface area (Å²) >= 11 is 0. The van der Waals surface area contributed by atoms with Gasteiger partial charge in [-0.3, -0.25) is 4.79 Å². The molecule has 0 atom stereocenters. The fourth-order valence-electron chi connectivity index (χ4n) is 4.00. The topological polar surface area (TPSA) is 78.3 Å². The van der Waals surface area contributed by atoms with Gasteiger partial charge in [0.25, 0.3) is 0 Å². The normalized spacial score (nSPS) is 10.9. The third kappa shape index (κ3) is 4.53. The lowest BCUT2D eigenvalue weighted by Crippen LogP contribution is -2.13. The first-order valence-corrected chi connectivity index (χ1v) is 10.8. The van der Waals surface area contributed by atoms with Gasteiger partial charge < -0.3 is 14.8 Å². The Hall–Kier alpha value is -3.87. The Balaban J connectivity index is 1.61. The smallest absolute Gasteiger partial charge is 0.224 e. The van der Waals surface area contributed by atoms with Crippen LogP contribution in [0.3, 0.4) is 0 Å². The highest BCUT2D eigenvalue weighted by molar-refractivity contribution is 5.91. The lowest BCUT2D eigenvalue weighted by Gasteiger charge is -2.13. The Kier molecular flexibility index (Phi) is 6.31. The van der Waals surface area contributed by atoms with E-state index in [4.69, 9.17) is 19.6 Å². The van der Waals surface area contributed by atoms with Crippen LogP contribution >= 0.6 is 0 Å². The Labute approximate surface area is 193 Å². The van der Waals surface area contributed by atoms with E-state index in [1.54, 1.807) is 14.2 Å². The molecule has 0 aliphatic carbocycles. The molecule has 0 radical (unpaired) electrons. The maximum Gasteiger partial charge on any atom is 0.224 e. The SMILES string of the molecule is COc1ccc(NC(=O)CCc2c(OC)nc3c(c(C)nn3-c3ccc(C)cc3)c2C)cc1. The number of hydrogen-bond acceptors (Lipinski definition) is 5. The number of nitrogens with one attached hydrogen (secondary N) is 1. The predicted molar refractivity (Wildman–Crippen MR) is 130 cm³/mol. The molecule has 0 aliphatic rings. The minimum Gasteiger partial charge on any atom is -0.497 e. The number of rotatable bonds is 7. The van der Waals surface area contributed by atoms with Gasteiger partial charge >= 0.3 is 0 Å². The third-order valence-electron chi connectivity index (χ3n) is 5.78. The minimum absolute atomic E-state index is 0.0752. The van der Waals surface area contributed by atoms with Crippen molar-refractivity contribution in [2.45, 2.75) is 33.6 Å². The molecule has 2 heterocycles. The quantitative estimate of drug-likeness (QED) is 0.437.